The second kappa shape index (κ2) is 29.4. The molecular weight excluding hydrogens is 470 g/mol. The Labute approximate surface area is 234 Å². The van der Waals surface area contributed by atoms with Gasteiger partial charge in [-0.1, -0.05) is 125 Å². The van der Waals surface area contributed by atoms with E-state index in [1.165, 1.54) is 25.7 Å². The largest absolute Gasteiger partial charge is 0.394 e. The summed E-state index contributed by atoms with van der Waals surface area (Å²) in [4.78, 5) is 12.1. The summed E-state index contributed by atoms with van der Waals surface area (Å²) in [7, 11) is 0. The molecular formula is C34H57NO3. The van der Waals surface area contributed by atoms with Crippen molar-refractivity contribution in [2.45, 2.75) is 129 Å². The average Bonchev–Trinajstić information content (AvgIpc) is 2.92. The predicted octanol–water partition coefficient (Wildman–Crippen LogP) is 8.44. The molecule has 0 aliphatic carbocycles. The maximum Gasteiger partial charge on any atom is 0.220 e. The van der Waals surface area contributed by atoms with Crippen LogP contribution in [-0.2, 0) is 4.79 Å². The van der Waals surface area contributed by atoms with Gasteiger partial charge in [-0.2, -0.15) is 0 Å². The first-order valence-corrected chi connectivity index (χ1v) is 15.2. The molecule has 1 amide bonds. The summed E-state index contributed by atoms with van der Waals surface area (Å²) >= 11 is 0. The standard InChI is InChI=1S/C34H57NO3/c1-3-5-7-8-9-10-11-12-13-14-15-16-17-18-19-20-21-22-23-24-25-26-28-30-34(38)35-32(31-36)33(37)29-27-6-4-2/h5,7,9-10,12-13,15-16,18-19,27,29,32-33,36-37H,3-4,6,8,11,14,17,20-26,28,30-31H2,1-2H3,(H,35,38)/b7-5-,10-9-,13-12-,16-15-,19-18-,29-27+. The molecule has 38 heavy (non-hydrogen) atoms. The maximum atomic E-state index is 12.1. The fourth-order valence-electron chi connectivity index (χ4n) is 3.85. The molecule has 0 aliphatic heterocycles. The lowest BCUT2D eigenvalue weighted by Gasteiger charge is -2.19. The highest BCUT2D eigenvalue weighted by Crippen LogP contribution is 2.10. The van der Waals surface area contributed by atoms with Gasteiger partial charge in [-0.3, -0.25) is 4.79 Å². The van der Waals surface area contributed by atoms with Crippen molar-refractivity contribution in [3.05, 3.63) is 72.9 Å². The van der Waals surface area contributed by atoms with Gasteiger partial charge in [-0.25, -0.2) is 0 Å². The summed E-state index contributed by atoms with van der Waals surface area (Å²) in [6, 6.07) is -0.626. The molecule has 0 aliphatic rings. The van der Waals surface area contributed by atoms with E-state index in [9.17, 15) is 15.0 Å². The van der Waals surface area contributed by atoms with Crippen LogP contribution in [0.5, 0.6) is 0 Å². The number of nitrogens with one attached hydrogen (secondary N) is 1. The maximum absolute atomic E-state index is 12.1. The van der Waals surface area contributed by atoms with Crippen LogP contribution in [0.4, 0.5) is 0 Å². The predicted molar refractivity (Wildman–Crippen MR) is 165 cm³/mol. The van der Waals surface area contributed by atoms with Crippen molar-refractivity contribution in [3.63, 3.8) is 0 Å². The molecule has 0 saturated heterocycles. The van der Waals surface area contributed by atoms with Gasteiger partial charge in [-0.05, 0) is 57.8 Å². The highest BCUT2D eigenvalue weighted by molar-refractivity contribution is 5.76. The first kappa shape index (κ1) is 35.8. The quantitative estimate of drug-likeness (QED) is 0.0824. The number of aliphatic hydroxyl groups is 2. The molecule has 4 nitrogen and oxygen atoms in total. The van der Waals surface area contributed by atoms with Crippen molar-refractivity contribution in [1.29, 1.82) is 0 Å². The Hall–Kier alpha value is -2.17. The number of carbonyl (C=O) groups excluding carboxylic acids is 1. The molecule has 0 aromatic carbocycles. The lowest BCUT2D eigenvalue weighted by Crippen LogP contribution is -2.45. The number of carbonyl (C=O) groups is 1. The zero-order chi connectivity index (χ0) is 27.9. The number of rotatable bonds is 25. The average molecular weight is 528 g/mol. The van der Waals surface area contributed by atoms with Crippen molar-refractivity contribution in [3.8, 4) is 0 Å². The van der Waals surface area contributed by atoms with Gasteiger partial charge in [0.2, 0.25) is 5.91 Å². The molecule has 0 aromatic rings. The van der Waals surface area contributed by atoms with Crippen molar-refractivity contribution in [1.82, 2.24) is 5.32 Å². The number of amides is 1. The van der Waals surface area contributed by atoms with E-state index in [2.05, 4.69) is 79.9 Å². The van der Waals surface area contributed by atoms with Gasteiger partial charge in [0.15, 0.2) is 0 Å². The molecule has 0 spiro atoms. The lowest BCUT2D eigenvalue weighted by molar-refractivity contribution is -0.123. The second-order valence-electron chi connectivity index (χ2n) is 9.79. The van der Waals surface area contributed by atoms with E-state index in [0.717, 1.165) is 70.6 Å². The summed E-state index contributed by atoms with van der Waals surface area (Å²) in [5.74, 6) is -0.0935. The van der Waals surface area contributed by atoms with Crippen LogP contribution in [0, 0.1) is 0 Å². The Kier molecular flexibility index (Phi) is 27.7. The van der Waals surface area contributed by atoms with Gasteiger partial charge < -0.3 is 15.5 Å². The normalized spacial score (nSPS) is 14.3. The van der Waals surface area contributed by atoms with E-state index in [0.29, 0.717) is 6.42 Å². The Morgan fingerprint density at radius 1 is 0.658 bits per heavy atom. The smallest absolute Gasteiger partial charge is 0.220 e. The molecule has 0 aromatic heterocycles. The lowest BCUT2D eigenvalue weighted by atomic mass is 10.1. The van der Waals surface area contributed by atoms with Crippen LogP contribution in [0.1, 0.15) is 117 Å². The van der Waals surface area contributed by atoms with Crippen LogP contribution in [0.2, 0.25) is 0 Å². The van der Waals surface area contributed by atoms with Crippen molar-refractivity contribution in [2.24, 2.45) is 0 Å². The summed E-state index contributed by atoms with van der Waals surface area (Å²) < 4.78 is 0. The van der Waals surface area contributed by atoms with E-state index in [4.69, 9.17) is 0 Å². The first-order valence-electron chi connectivity index (χ1n) is 15.2. The minimum absolute atomic E-state index is 0.0935. The highest BCUT2D eigenvalue weighted by atomic mass is 16.3. The minimum atomic E-state index is -0.842. The van der Waals surface area contributed by atoms with Crippen LogP contribution < -0.4 is 5.32 Å². The van der Waals surface area contributed by atoms with Gasteiger partial charge >= 0.3 is 0 Å². The topological polar surface area (TPSA) is 69.6 Å². The van der Waals surface area contributed by atoms with E-state index >= 15 is 0 Å². The zero-order valence-corrected chi connectivity index (χ0v) is 24.4. The van der Waals surface area contributed by atoms with Crippen molar-refractivity contribution in [2.75, 3.05) is 6.61 Å². The molecule has 216 valence electrons. The van der Waals surface area contributed by atoms with Crippen LogP contribution in [0.25, 0.3) is 0 Å². The molecule has 2 unspecified atom stereocenters. The fraction of sp³-hybridized carbons (Fsp3) is 0.618. The fourth-order valence-corrected chi connectivity index (χ4v) is 3.85. The molecule has 3 N–H and O–H groups in total. The molecule has 0 saturated carbocycles. The van der Waals surface area contributed by atoms with Crippen molar-refractivity contribution < 1.29 is 15.0 Å². The Morgan fingerprint density at radius 3 is 1.68 bits per heavy atom. The van der Waals surface area contributed by atoms with Gasteiger partial charge in [0.25, 0.3) is 0 Å². The van der Waals surface area contributed by atoms with Gasteiger partial charge in [0.1, 0.15) is 0 Å². The Morgan fingerprint density at radius 2 is 1.16 bits per heavy atom. The molecule has 0 fully saturated rings. The molecule has 2 atom stereocenters. The van der Waals surface area contributed by atoms with E-state index in [-0.39, 0.29) is 12.5 Å². The number of allylic oxidation sites excluding steroid dienone is 11. The van der Waals surface area contributed by atoms with Crippen LogP contribution in [0.15, 0.2) is 72.9 Å². The molecule has 0 rings (SSSR count). The van der Waals surface area contributed by atoms with Crippen LogP contribution in [-0.4, -0.2) is 34.9 Å². The third kappa shape index (κ3) is 25.5. The van der Waals surface area contributed by atoms with Crippen molar-refractivity contribution >= 4 is 5.91 Å². The third-order valence-corrected chi connectivity index (χ3v) is 6.18. The van der Waals surface area contributed by atoms with Gasteiger partial charge in [0, 0.05) is 6.42 Å². The molecule has 4 heteroatoms. The number of aliphatic hydroxyl groups excluding tert-OH is 2. The number of hydrogen-bond acceptors (Lipinski definition) is 3. The summed E-state index contributed by atoms with van der Waals surface area (Å²) in [6.07, 6.45) is 41.7. The van der Waals surface area contributed by atoms with Gasteiger partial charge in [0.05, 0.1) is 18.8 Å². The SMILES string of the molecule is CC/C=C\C/C=C\C/C=C\C/C=C\C/C=C\CCCCCCCCCC(=O)NC(CO)C(O)/C=C/CCC. The first-order chi connectivity index (χ1) is 18.7. The summed E-state index contributed by atoms with van der Waals surface area (Å²) in [6.45, 7) is 3.96. The summed E-state index contributed by atoms with van der Waals surface area (Å²) in [5, 5.41) is 22.3. The third-order valence-electron chi connectivity index (χ3n) is 6.18. The van der Waals surface area contributed by atoms with Gasteiger partial charge in [-0.15, -0.1) is 0 Å². The number of hydrogen-bond donors (Lipinski definition) is 3. The molecule has 0 bridgehead atoms. The van der Waals surface area contributed by atoms with E-state index in [1.54, 1.807) is 6.08 Å². The minimum Gasteiger partial charge on any atom is -0.394 e. The van der Waals surface area contributed by atoms with E-state index in [1.807, 2.05) is 6.08 Å². The molecule has 0 heterocycles. The zero-order valence-electron chi connectivity index (χ0n) is 24.4. The van der Waals surface area contributed by atoms with Crippen LogP contribution in [0.3, 0.4) is 0 Å². The highest BCUT2D eigenvalue weighted by Gasteiger charge is 2.17. The number of unbranched alkanes of at least 4 members (excludes halogenated alkanes) is 8. The van der Waals surface area contributed by atoms with Crippen LogP contribution >= 0.6 is 0 Å². The Bertz CT molecular complexity index is 703. The summed E-state index contributed by atoms with van der Waals surface area (Å²) in [5.41, 5.74) is 0. The molecule has 0 radical (unpaired) electrons. The monoisotopic (exact) mass is 527 g/mol. The van der Waals surface area contributed by atoms with E-state index < -0.39 is 12.1 Å². The second-order valence-corrected chi connectivity index (χ2v) is 9.79. The Balaban J connectivity index is 3.59.